The largest absolute Gasteiger partial charge is 0.369 e. The Morgan fingerprint density at radius 1 is 0.457 bits per heavy atom. The number of nitrogens with one attached hydrogen (secondary N) is 1. The second-order valence-corrected chi connectivity index (χ2v) is 12.4. The van der Waals surface area contributed by atoms with Crippen LogP contribution in [0.4, 0.5) is 5.69 Å². The average Bonchev–Trinajstić information content (AvgIpc) is 3.08. The lowest BCUT2D eigenvalue weighted by molar-refractivity contribution is 0.0772. The number of benzene rings is 9. The Morgan fingerprint density at radius 3 is 1.39 bits per heavy atom. The number of carbonyl (C=O) groups excluding carboxylic acids is 3. The van der Waals surface area contributed by atoms with Crippen LogP contribution in [0.25, 0.3) is 75.4 Å². The molecule has 0 spiro atoms. The van der Waals surface area contributed by atoms with E-state index in [0.29, 0.717) is 33.3 Å². The fourth-order valence-corrected chi connectivity index (χ4v) is 8.51. The van der Waals surface area contributed by atoms with Crippen LogP contribution in [-0.4, -0.2) is 22.8 Å². The first-order valence-corrected chi connectivity index (χ1v) is 15.2. The number of anilines is 1. The molecule has 9 aromatic carbocycles. The van der Waals surface area contributed by atoms with E-state index in [1.807, 2.05) is 60.7 Å². The van der Waals surface area contributed by atoms with Gasteiger partial charge in [0, 0.05) is 33.0 Å². The first-order chi connectivity index (χ1) is 22.5. The van der Waals surface area contributed by atoms with Crippen molar-refractivity contribution >= 4 is 98.8 Å². The minimum Gasteiger partial charge on any atom is -0.369 e. The molecule has 6 nitrogen and oxygen atoms in total. The summed E-state index contributed by atoms with van der Waals surface area (Å²) in [5.41, 5.74) is 2.86. The van der Waals surface area contributed by atoms with Gasteiger partial charge in [0.05, 0.1) is 5.69 Å². The summed E-state index contributed by atoms with van der Waals surface area (Å²) in [6, 6.07) is 33.3. The van der Waals surface area contributed by atoms with E-state index in [2.05, 4.69) is 35.6 Å². The molecular formula is C40H20N2O4. The lowest BCUT2D eigenvalue weighted by atomic mass is 9.81. The van der Waals surface area contributed by atoms with Crippen molar-refractivity contribution in [3.05, 3.63) is 125 Å². The Kier molecular flexibility index (Phi) is 4.18. The van der Waals surface area contributed by atoms with Gasteiger partial charge >= 0.3 is 0 Å². The summed E-state index contributed by atoms with van der Waals surface area (Å²) in [4.78, 5) is 42.0. The highest BCUT2D eigenvalue weighted by Crippen LogP contribution is 2.50. The smallest absolute Gasteiger partial charge is 0.265 e. The topological polar surface area (TPSA) is 86.7 Å². The van der Waals surface area contributed by atoms with Crippen LogP contribution < -0.4 is 10.2 Å². The summed E-state index contributed by atoms with van der Waals surface area (Å²) in [5.74, 6) is -0.919. The fraction of sp³-hybridized carbons (Fsp3) is 0.0250. The van der Waals surface area contributed by atoms with Crippen molar-refractivity contribution in [2.75, 3.05) is 4.90 Å². The monoisotopic (exact) mass is 592 g/mol. The molecule has 46 heavy (non-hydrogen) atoms. The van der Waals surface area contributed by atoms with E-state index in [4.69, 9.17) is 0 Å². The zero-order valence-corrected chi connectivity index (χ0v) is 24.0. The number of aliphatic hydroxyl groups excluding tert-OH is 1. The second kappa shape index (κ2) is 7.93. The number of amides is 3. The van der Waals surface area contributed by atoms with Gasteiger partial charge in [-0.1, -0.05) is 72.8 Å². The van der Waals surface area contributed by atoms with Crippen LogP contribution in [0.2, 0.25) is 0 Å². The summed E-state index contributed by atoms with van der Waals surface area (Å²) < 4.78 is 0. The highest BCUT2D eigenvalue weighted by atomic mass is 16.3. The van der Waals surface area contributed by atoms with Crippen molar-refractivity contribution in [2.24, 2.45) is 0 Å². The number of hydrogen-bond acceptors (Lipinski definition) is 4. The lowest BCUT2D eigenvalue weighted by Gasteiger charge is -2.29. The standard InChI is InChI=1S/C40H20N2O4/c43-37-27-14-10-23-19-6-8-21-25-12-16-29-36-30(40(46)42(39(29)45)18-4-2-1-3-5-18)17-13-26(34(25)36)22-9-7-20(31(19)32(21)22)24-11-15-28(38(44)41-37)35(27)33(23)24/h1-17,37,43H,(H,41,44). The van der Waals surface area contributed by atoms with Crippen LogP contribution in [0.1, 0.15) is 42.9 Å². The molecule has 2 N–H and O–H groups in total. The van der Waals surface area contributed by atoms with Crippen LogP contribution in [0.15, 0.2) is 103 Å². The predicted molar refractivity (Wildman–Crippen MR) is 181 cm³/mol. The van der Waals surface area contributed by atoms with E-state index < -0.39 is 6.23 Å². The quantitative estimate of drug-likeness (QED) is 0.114. The molecule has 0 fully saturated rings. The third-order valence-corrected chi connectivity index (χ3v) is 10.4. The average molecular weight is 593 g/mol. The summed E-state index contributed by atoms with van der Waals surface area (Å²) >= 11 is 0. The van der Waals surface area contributed by atoms with Crippen molar-refractivity contribution in [3.8, 4) is 0 Å². The van der Waals surface area contributed by atoms with Gasteiger partial charge in [-0.3, -0.25) is 14.4 Å². The molecule has 0 bridgehead atoms. The van der Waals surface area contributed by atoms with Crippen LogP contribution in [0.5, 0.6) is 0 Å². The van der Waals surface area contributed by atoms with Crippen LogP contribution in [0, 0.1) is 0 Å². The van der Waals surface area contributed by atoms with Crippen LogP contribution >= 0.6 is 0 Å². The molecule has 2 aliphatic rings. The van der Waals surface area contributed by atoms with Gasteiger partial charge in [-0.25, -0.2) is 4.90 Å². The number of hydrogen-bond donors (Lipinski definition) is 2. The molecule has 6 heteroatoms. The summed E-state index contributed by atoms with van der Waals surface area (Å²) in [7, 11) is 0. The Balaban J connectivity index is 1.28. The number of carbonyl (C=O) groups is 3. The summed E-state index contributed by atoms with van der Waals surface area (Å²) in [5, 5.41) is 27.4. The molecule has 2 heterocycles. The molecule has 0 radical (unpaired) electrons. The van der Waals surface area contributed by atoms with Gasteiger partial charge in [0.2, 0.25) is 0 Å². The van der Waals surface area contributed by atoms with Crippen molar-refractivity contribution in [1.29, 1.82) is 0 Å². The zero-order valence-electron chi connectivity index (χ0n) is 24.0. The number of para-hydroxylation sites is 1. The molecule has 0 aromatic heterocycles. The van der Waals surface area contributed by atoms with Gasteiger partial charge < -0.3 is 10.4 Å². The molecule has 9 aromatic rings. The van der Waals surface area contributed by atoms with Gasteiger partial charge in [-0.15, -0.1) is 0 Å². The van der Waals surface area contributed by atoms with Gasteiger partial charge in [-0.05, 0) is 95.0 Å². The van der Waals surface area contributed by atoms with Crippen molar-refractivity contribution < 1.29 is 19.5 Å². The second-order valence-electron chi connectivity index (χ2n) is 12.4. The minimum atomic E-state index is -1.06. The SMILES string of the molecule is O=C1NC(O)c2ccc3c4ccc5c6ccc7c8c(ccc(c9ccc(c%10ccc1c2c%103)c4c95)c86)C(=O)N(c1ccccc1)C7=O. The van der Waals surface area contributed by atoms with E-state index in [1.54, 1.807) is 12.1 Å². The Hall–Kier alpha value is -6.11. The minimum absolute atomic E-state index is 0.278. The van der Waals surface area contributed by atoms with E-state index in [9.17, 15) is 19.5 Å². The Morgan fingerprint density at radius 2 is 0.870 bits per heavy atom. The van der Waals surface area contributed by atoms with Gasteiger partial charge in [0.15, 0.2) is 6.23 Å². The third-order valence-electron chi connectivity index (χ3n) is 10.4. The van der Waals surface area contributed by atoms with E-state index in [1.165, 1.54) is 4.90 Å². The Bertz CT molecular complexity index is 2790. The van der Waals surface area contributed by atoms with Crippen molar-refractivity contribution in [1.82, 2.24) is 5.32 Å². The first-order valence-electron chi connectivity index (χ1n) is 15.2. The van der Waals surface area contributed by atoms with E-state index in [-0.39, 0.29) is 17.7 Å². The number of imide groups is 1. The number of fused-ring (bicyclic) bond motifs is 4. The van der Waals surface area contributed by atoms with E-state index >= 15 is 0 Å². The highest BCUT2D eigenvalue weighted by molar-refractivity contribution is 6.46. The molecular weight excluding hydrogens is 572 g/mol. The molecule has 0 saturated heterocycles. The highest BCUT2D eigenvalue weighted by Gasteiger charge is 2.35. The maximum atomic E-state index is 13.9. The van der Waals surface area contributed by atoms with Crippen molar-refractivity contribution in [2.45, 2.75) is 6.23 Å². The van der Waals surface area contributed by atoms with Gasteiger partial charge in [-0.2, -0.15) is 0 Å². The Labute approximate surface area is 259 Å². The van der Waals surface area contributed by atoms with Crippen LogP contribution in [0.3, 0.4) is 0 Å². The molecule has 1 unspecified atom stereocenters. The molecule has 2 aliphatic heterocycles. The van der Waals surface area contributed by atoms with Gasteiger partial charge in [0.1, 0.15) is 0 Å². The normalized spacial score (nSPS) is 16.4. The molecule has 1 atom stereocenters. The van der Waals surface area contributed by atoms with Crippen LogP contribution in [-0.2, 0) is 0 Å². The molecule has 0 aliphatic carbocycles. The number of aliphatic hydroxyl groups is 1. The molecule has 214 valence electrons. The third kappa shape index (κ3) is 2.63. The van der Waals surface area contributed by atoms with E-state index in [0.717, 1.165) is 70.0 Å². The first kappa shape index (κ1) is 24.2. The maximum Gasteiger partial charge on any atom is 0.265 e. The zero-order chi connectivity index (χ0) is 30.6. The molecule has 11 rings (SSSR count). The number of rotatable bonds is 1. The van der Waals surface area contributed by atoms with Crippen molar-refractivity contribution in [3.63, 3.8) is 0 Å². The summed E-state index contributed by atoms with van der Waals surface area (Å²) in [6.45, 7) is 0. The lowest BCUT2D eigenvalue weighted by Crippen LogP contribution is -2.40. The molecule has 0 saturated carbocycles. The summed E-state index contributed by atoms with van der Waals surface area (Å²) in [6.07, 6.45) is -1.06. The van der Waals surface area contributed by atoms with Gasteiger partial charge in [0.25, 0.3) is 17.7 Å². The maximum absolute atomic E-state index is 13.9. The molecule has 3 amide bonds. The number of nitrogens with zero attached hydrogens (tertiary/aromatic N) is 1. The predicted octanol–water partition coefficient (Wildman–Crippen LogP) is 8.17. The fourth-order valence-electron chi connectivity index (χ4n) is 8.51.